The summed E-state index contributed by atoms with van der Waals surface area (Å²) in [7, 11) is 1.22. The van der Waals surface area contributed by atoms with Crippen LogP contribution in [0.3, 0.4) is 0 Å². The number of methoxy groups -OCH3 is 1. The number of rotatable bonds is 12. The van der Waals surface area contributed by atoms with Crippen LogP contribution in [-0.4, -0.2) is 72.6 Å². The molecule has 9 nitrogen and oxygen atoms in total. The molecule has 10 heteroatoms. The van der Waals surface area contributed by atoms with Gasteiger partial charge in [0.2, 0.25) is 11.8 Å². The Bertz CT molecular complexity index is 944. The average Bonchev–Trinajstić information content (AvgIpc) is 2.79. The Balaban J connectivity index is 3.46. The fourth-order valence-corrected chi connectivity index (χ4v) is 3.99. The maximum absolute atomic E-state index is 13.9. The number of ether oxygens (including phenoxy) is 2. The third kappa shape index (κ3) is 9.93. The van der Waals surface area contributed by atoms with Crippen molar-refractivity contribution in [2.75, 3.05) is 32.2 Å². The summed E-state index contributed by atoms with van der Waals surface area (Å²) >= 11 is 1.53. The minimum atomic E-state index is -1.07. The van der Waals surface area contributed by atoms with Gasteiger partial charge in [0.05, 0.1) is 7.11 Å². The van der Waals surface area contributed by atoms with Crippen molar-refractivity contribution >= 4 is 35.6 Å². The summed E-state index contributed by atoms with van der Waals surface area (Å²) < 4.78 is 9.99. The standard InChI is InChI=1S/C26H39N3O6S/c1-9-13-29(24(32)20(12-14-36-8)28-25(33)35-26(4,5)6)22(23(31)27-16-21(30)34-7)19-11-10-17(2)15-18(19)3/h9-11,15,20,22H,1,12-14,16H2,2-8H3,(H,27,31)(H,28,33). The zero-order chi connectivity index (χ0) is 27.5. The van der Waals surface area contributed by atoms with Gasteiger partial charge in [0, 0.05) is 6.54 Å². The lowest BCUT2D eigenvalue weighted by molar-refractivity contribution is -0.144. The van der Waals surface area contributed by atoms with Crippen LogP contribution in [0.25, 0.3) is 0 Å². The van der Waals surface area contributed by atoms with E-state index >= 15 is 0 Å². The number of benzene rings is 1. The molecule has 1 aromatic rings. The molecule has 200 valence electrons. The van der Waals surface area contributed by atoms with Crippen LogP contribution in [0.4, 0.5) is 4.79 Å². The number of carbonyl (C=O) groups excluding carboxylic acids is 4. The quantitative estimate of drug-likeness (QED) is 0.320. The first kappa shape index (κ1) is 31.0. The highest BCUT2D eigenvalue weighted by Gasteiger charge is 2.36. The normalized spacial score (nSPS) is 12.6. The van der Waals surface area contributed by atoms with E-state index in [4.69, 9.17) is 4.74 Å². The zero-order valence-corrected chi connectivity index (χ0v) is 23.1. The molecule has 0 saturated carbocycles. The van der Waals surface area contributed by atoms with E-state index in [9.17, 15) is 19.2 Å². The van der Waals surface area contributed by atoms with Gasteiger partial charge in [-0.1, -0.05) is 29.8 Å². The molecule has 0 saturated heterocycles. The lowest BCUT2D eigenvalue weighted by Crippen LogP contribution is -2.53. The van der Waals surface area contributed by atoms with Crippen molar-refractivity contribution in [3.63, 3.8) is 0 Å². The summed E-state index contributed by atoms with van der Waals surface area (Å²) in [6, 6.07) is 3.54. The molecule has 36 heavy (non-hydrogen) atoms. The first-order chi connectivity index (χ1) is 16.8. The van der Waals surface area contributed by atoms with Crippen molar-refractivity contribution in [1.29, 1.82) is 0 Å². The second-order valence-corrected chi connectivity index (χ2v) is 10.3. The molecule has 0 fully saturated rings. The van der Waals surface area contributed by atoms with Gasteiger partial charge in [0.15, 0.2) is 0 Å². The molecular weight excluding hydrogens is 482 g/mol. The topological polar surface area (TPSA) is 114 Å². The molecule has 0 aromatic heterocycles. The highest BCUT2D eigenvalue weighted by atomic mass is 32.2. The molecule has 0 radical (unpaired) electrons. The van der Waals surface area contributed by atoms with E-state index in [1.165, 1.54) is 29.8 Å². The van der Waals surface area contributed by atoms with Crippen molar-refractivity contribution in [2.45, 2.75) is 58.7 Å². The van der Waals surface area contributed by atoms with Crippen molar-refractivity contribution < 1.29 is 28.7 Å². The summed E-state index contributed by atoms with van der Waals surface area (Å²) in [5.41, 5.74) is 1.65. The molecule has 0 aliphatic heterocycles. The molecule has 2 unspecified atom stereocenters. The van der Waals surface area contributed by atoms with Gasteiger partial charge in [-0.05, 0) is 64.2 Å². The average molecular weight is 522 g/mol. The maximum atomic E-state index is 13.9. The van der Waals surface area contributed by atoms with Gasteiger partial charge in [0.25, 0.3) is 0 Å². The van der Waals surface area contributed by atoms with Crippen LogP contribution in [0.15, 0.2) is 30.9 Å². The fourth-order valence-electron chi connectivity index (χ4n) is 3.52. The van der Waals surface area contributed by atoms with Crippen LogP contribution < -0.4 is 10.6 Å². The molecular formula is C26H39N3O6S. The molecule has 2 atom stereocenters. The highest BCUT2D eigenvalue weighted by Crippen LogP contribution is 2.27. The number of alkyl carbamates (subject to hydrolysis) is 1. The van der Waals surface area contributed by atoms with E-state index < -0.39 is 41.6 Å². The SMILES string of the molecule is C=CCN(C(=O)C(CCSC)NC(=O)OC(C)(C)C)C(C(=O)NCC(=O)OC)c1ccc(C)cc1C. The fraction of sp³-hybridized carbons (Fsp3) is 0.538. The first-order valence-corrected chi connectivity index (χ1v) is 13.1. The summed E-state index contributed by atoms with van der Waals surface area (Å²) in [5.74, 6) is -1.04. The van der Waals surface area contributed by atoms with Crippen LogP contribution in [0.2, 0.25) is 0 Å². The van der Waals surface area contributed by atoms with Gasteiger partial charge < -0.3 is 25.0 Å². The second kappa shape index (κ2) is 14.5. The molecule has 0 bridgehead atoms. The lowest BCUT2D eigenvalue weighted by Gasteiger charge is -2.34. The predicted octanol–water partition coefficient (Wildman–Crippen LogP) is 3.29. The van der Waals surface area contributed by atoms with E-state index in [0.717, 1.165) is 11.1 Å². The Hall–Kier alpha value is -3.01. The Morgan fingerprint density at radius 3 is 2.39 bits per heavy atom. The van der Waals surface area contributed by atoms with Crippen molar-refractivity contribution in [3.8, 4) is 0 Å². The van der Waals surface area contributed by atoms with Gasteiger partial charge in [-0.15, -0.1) is 6.58 Å². The van der Waals surface area contributed by atoms with Crippen LogP contribution in [-0.2, 0) is 23.9 Å². The maximum Gasteiger partial charge on any atom is 0.408 e. The molecule has 3 amide bonds. The van der Waals surface area contributed by atoms with E-state index in [1.807, 2.05) is 32.2 Å². The Morgan fingerprint density at radius 1 is 1.19 bits per heavy atom. The number of nitrogens with one attached hydrogen (secondary N) is 2. The summed E-state index contributed by atoms with van der Waals surface area (Å²) in [4.78, 5) is 52.8. The van der Waals surface area contributed by atoms with Crippen LogP contribution in [0.1, 0.15) is 49.9 Å². The second-order valence-electron chi connectivity index (χ2n) is 9.32. The third-order valence-corrected chi connectivity index (χ3v) is 5.77. The monoisotopic (exact) mass is 521 g/mol. The Labute approximate surface area is 218 Å². The van der Waals surface area contributed by atoms with Gasteiger partial charge in [-0.3, -0.25) is 14.4 Å². The molecule has 0 aliphatic rings. The number of amides is 3. The van der Waals surface area contributed by atoms with E-state index in [-0.39, 0.29) is 13.1 Å². The number of hydrogen-bond acceptors (Lipinski definition) is 7. The number of nitrogens with zero attached hydrogens (tertiary/aromatic N) is 1. The van der Waals surface area contributed by atoms with E-state index in [0.29, 0.717) is 17.7 Å². The minimum Gasteiger partial charge on any atom is -0.468 e. The lowest BCUT2D eigenvalue weighted by atomic mass is 9.96. The van der Waals surface area contributed by atoms with E-state index in [2.05, 4.69) is 21.9 Å². The van der Waals surface area contributed by atoms with Crippen LogP contribution >= 0.6 is 11.8 Å². The Morgan fingerprint density at radius 2 is 1.86 bits per heavy atom. The highest BCUT2D eigenvalue weighted by molar-refractivity contribution is 7.98. The zero-order valence-electron chi connectivity index (χ0n) is 22.3. The molecule has 0 spiro atoms. The summed E-state index contributed by atoms with van der Waals surface area (Å²) in [6.45, 7) is 12.4. The number of hydrogen-bond donors (Lipinski definition) is 2. The largest absolute Gasteiger partial charge is 0.468 e. The van der Waals surface area contributed by atoms with Crippen molar-refractivity contribution in [2.24, 2.45) is 0 Å². The predicted molar refractivity (Wildman–Crippen MR) is 142 cm³/mol. The van der Waals surface area contributed by atoms with Gasteiger partial charge >= 0.3 is 12.1 Å². The number of aryl methyl sites for hydroxylation is 2. The van der Waals surface area contributed by atoms with Crippen molar-refractivity contribution in [3.05, 3.63) is 47.5 Å². The Kier molecular flexibility index (Phi) is 12.5. The molecule has 2 N–H and O–H groups in total. The minimum absolute atomic E-state index is 0.0359. The van der Waals surface area contributed by atoms with Gasteiger partial charge in [0.1, 0.15) is 24.2 Å². The smallest absolute Gasteiger partial charge is 0.408 e. The summed E-state index contributed by atoms with van der Waals surface area (Å²) in [6.07, 6.45) is 3.02. The molecule has 1 aromatic carbocycles. The van der Waals surface area contributed by atoms with Crippen LogP contribution in [0.5, 0.6) is 0 Å². The molecule has 1 rings (SSSR count). The van der Waals surface area contributed by atoms with Crippen molar-refractivity contribution in [1.82, 2.24) is 15.5 Å². The van der Waals surface area contributed by atoms with E-state index in [1.54, 1.807) is 26.8 Å². The van der Waals surface area contributed by atoms with Gasteiger partial charge in [-0.2, -0.15) is 11.8 Å². The molecule has 0 heterocycles. The number of esters is 1. The van der Waals surface area contributed by atoms with Gasteiger partial charge in [-0.25, -0.2) is 4.79 Å². The number of thioether (sulfide) groups is 1. The summed E-state index contributed by atoms with van der Waals surface area (Å²) in [5, 5.41) is 5.23. The first-order valence-electron chi connectivity index (χ1n) is 11.7. The third-order valence-electron chi connectivity index (χ3n) is 5.12. The van der Waals surface area contributed by atoms with Crippen LogP contribution in [0, 0.1) is 13.8 Å². The number of carbonyl (C=O) groups is 4. The molecule has 0 aliphatic carbocycles.